The maximum atomic E-state index is 14.0. The fraction of sp³-hybridized carbons (Fsp3) is 0.286. The summed E-state index contributed by atoms with van der Waals surface area (Å²) in [6.07, 6.45) is 4.33. The van der Waals surface area contributed by atoms with E-state index in [1.54, 1.807) is 11.1 Å². The number of piperidine rings is 1. The zero-order valence-corrected chi connectivity index (χ0v) is 15.5. The molecular weight excluding hydrogens is 362 g/mol. The van der Waals surface area contributed by atoms with E-state index in [9.17, 15) is 13.6 Å². The third kappa shape index (κ3) is 3.52. The Morgan fingerprint density at radius 2 is 2.00 bits per heavy atom. The summed E-state index contributed by atoms with van der Waals surface area (Å²) in [5.41, 5.74) is 3.87. The van der Waals surface area contributed by atoms with Crippen molar-refractivity contribution in [3.05, 3.63) is 71.3 Å². The number of pyridine rings is 1. The number of hydrogen-bond acceptors (Lipinski definition) is 3. The second-order valence-corrected chi connectivity index (χ2v) is 7.14. The van der Waals surface area contributed by atoms with E-state index in [2.05, 4.69) is 15.2 Å². The Kier molecular flexibility index (Phi) is 4.90. The first kappa shape index (κ1) is 18.3. The Labute approximate surface area is 161 Å². The second kappa shape index (κ2) is 7.50. The van der Waals surface area contributed by atoms with Gasteiger partial charge in [-0.3, -0.25) is 9.89 Å². The Bertz CT molecular complexity index is 1000. The minimum atomic E-state index is -0.936. The Balaban J connectivity index is 1.57. The highest BCUT2D eigenvalue weighted by molar-refractivity contribution is 5.92. The number of rotatable bonds is 3. The van der Waals surface area contributed by atoms with Crippen molar-refractivity contribution in [1.82, 2.24) is 20.1 Å². The van der Waals surface area contributed by atoms with Gasteiger partial charge in [0.05, 0.1) is 12.4 Å². The predicted octanol–water partition coefficient (Wildman–Crippen LogP) is 4.08. The molecular formula is C21H20F2N4O. The highest BCUT2D eigenvalue weighted by Crippen LogP contribution is 2.33. The van der Waals surface area contributed by atoms with Gasteiger partial charge in [0.2, 0.25) is 0 Å². The molecule has 0 bridgehead atoms. The van der Waals surface area contributed by atoms with Crippen molar-refractivity contribution < 1.29 is 13.6 Å². The lowest BCUT2D eigenvalue weighted by molar-refractivity contribution is 0.0694. The minimum Gasteiger partial charge on any atom is -0.337 e. The highest BCUT2D eigenvalue weighted by Gasteiger charge is 2.30. The lowest BCUT2D eigenvalue weighted by Crippen LogP contribution is -2.40. The molecule has 144 valence electrons. The molecule has 1 atom stereocenters. The number of likely N-dealkylation sites (tertiary alicyclic amines) is 1. The van der Waals surface area contributed by atoms with Crippen molar-refractivity contribution in [2.24, 2.45) is 0 Å². The van der Waals surface area contributed by atoms with Crippen LogP contribution in [-0.2, 0) is 0 Å². The first-order chi connectivity index (χ1) is 13.5. The molecule has 1 amide bonds. The first-order valence-electron chi connectivity index (χ1n) is 9.23. The van der Waals surface area contributed by atoms with Gasteiger partial charge in [0.15, 0.2) is 11.5 Å². The summed E-state index contributed by atoms with van der Waals surface area (Å²) in [6.45, 7) is 2.98. The van der Waals surface area contributed by atoms with Gasteiger partial charge in [-0.1, -0.05) is 29.8 Å². The van der Waals surface area contributed by atoms with Crippen molar-refractivity contribution in [1.29, 1.82) is 0 Å². The molecule has 5 nitrogen and oxygen atoms in total. The minimum absolute atomic E-state index is 0.0556. The van der Waals surface area contributed by atoms with Gasteiger partial charge < -0.3 is 4.90 Å². The lowest BCUT2D eigenvalue weighted by Gasteiger charge is -2.32. The predicted molar refractivity (Wildman–Crippen MR) is 101 cm³/mol. The number of H-pyrrole nitrogens is 1. The molecule has 1 saturated heterocycles. The van der Waals surface area contributed by atoms with Crippen LogP contribution in [0, 0.1) is 18.6 Å². The van der Waals surface area contributed by atoms with Crippen LogP contribution in [0.4, 0.5) is 8.78 Å². The highest BCUT2D eigenvalue weighted by atomic mass is 19.1. The van der Waals surface area contributed by atoms with Gasteiger partial charge in [-0.25, -0.2) is 13.8 Å². The summed E-state index contributed by atoms with van der Waals surface area (Å²) in [5.74, 6) is -2.20. The number of aromatic amines is 1. The fourth-order valence-electron chi connectivity index (χ4n) is 3.69. The van der Waals surface area contributed by atoms with E-state index >= 15 is 0 Å². The van der Waals surface area contributed by atoms with Crippen molar-refractivity contribution >= 4 is 5.91 Å². The maximum Gasteiger partial charge on any atom is 0.275 e. The van der Waals surface area contributed by atoms with Gasteiger partial charge in [-0.15, -0.1) is 0 Å². The molecule has 1 aliphatic heterocycles. The summed E-state index contributed by atoms with van der Waals surface area (Å²) in [7, 11) is 0. The number of amides is 1. The van der Waals surface area contributed by atoms with E-state index in [-0.39, 0.29) is 11.6 Å². The third-order valence-electron chi connectivity index (χ3n) is 5.16. The number of nitrogens with one attached hydrogen (secondary N) is 1. The lowest BCUT2D eigenvalue weighted by atomic mass is 9.90. The normalized spacial score (nSPS) is 17.0. The second-order valence-electron chi connectivity index (χ2n) is 7.14. The molecule has 7 heteroatoms. The van der Waals surface area contributed by atoms with Crippen LogP contribution in [0.5, 0.6) is 0 Å². The number of carbonyl (C=O) groups excluding carboxylic acids is 1. The topological polar surface area (TPSA) is 61.9 Å². The Hall–Kier alpha value is -3.09. The van der Waals surface area contributed by atoms with Crippen LogP contribution < -0.4 is 0 Å². The Morgan fingerprint density at radius 1 is 1.21 bits per heavy atom. The molecule has 0 saturated carbocycles. The molecule has 1 aliphatic rings. The van der Waals surface area contributed by atoms with E-state index < -0.39 is 17.5 Å². The fourth-order valence-corrected chi connectivity index (χ4v) is 3.69. The summed E-state index contributed by atoms with van der Waals surface area (Å²) in [6, 6.07) is 8.88. The van der Waals surface area contributed by atoms with Gasteiger partial charge in [-0.2, -0.15) is 5.10 Å². The molecule has 28 heavy (non-hydrogen) atoms. The van der Waals surface area contributed by atoms with Crippen LogP contribution in [0.25, 0.3) is 11.1 Å². The quantitative estimate of drug-likeness (QED) is 0.743. The smallest absolute Gasteiger partial charge is 0.275 e. The van der Waals surface area contributed by atoms with Crippen molar-refractivity contribution in [3.63, 3.8) is 0 Å². The zero-order valence-electron chi connectivity index (χ0n) is 15.5. The van der Waals surface area contributed by atoms with E-state index in [1.807, 2.05) is 31.2 Å². The van der Waals surface area contributed by atoms with E-state index in [0.29, 0.717) is 19.2 Å². The first-order valence-corrected chi connectivity index (χ1v) is 9.23. The van der Waals surface area contributed by atoms with Gasteiger partial charge in [0.1, 0.15) is 5.82 Å². The van der Waals surface area contributed by atoms with Crippen LogP contribution in [0.1, 0.15) is 40.5 Å². The van der Waals surface area contributed by atoms with Crippen molar-refractivity contribution in [2.75, 3.05) is 13.1 Å². The van der Waals surface area contributed by atoms with E-state index in [0.717, 1.165) is 35.9 Å². The van der Waals surface area contributed by atoms with E-state index in [4.69, 9.17) is 0 Å². The van der Waals surface area contributed by atoms with Crippen LogP contribution in [0.2, 0.25) is 0 Å². The summed E-state index contributed by atoms with van der Waals surface area (Å²) in [5, 5.41) is 7.28. The molecule has 1 fully saturated rings. The van der Waals surface area contributed by atoms with Gasteiger partial charge in [-0.05, 0) is 25.3 Å². The third-order valence-corrected chi connectivity index (χ3v) is 5.16. The number of nitrogens with zero attached hydrogens (tertiary/aromatic N) is 3. The zero-order chi connectivity index (χ0) is 19.7. The summed E-state index contributed by atoms with van der Waals surface area (Å²) >= 11 is 0. The number of carbonyl (C=O) groups is 1. The van der Waals surface area contributed by atoms with Gasteiger partial charge >= 0.3 is 0 Å². The van der Waals surface area contributed by atoms with E-state index in [1.165, 1.54) is 5.56 Å². The molecule has 3 heterocycles. The molecule has 1 aromatic carbocycles. The molecule has 1 N–H and O–H groups in total. The van der Waals surface area contributed by atoms with Crippen LogP contribution in [0.15, 0.2) is 42.7 Å². The summed E-state index contributed by atoms with van der Waals surface area (Å²) < 4.78 is 27.1. The van der Waals surface area contributed by atoms with Gasteiger partial charge in [0, 0.05) is 36.3 Å². The number of hydrogen-bond donors (Lipinski definition) is 1. The van der Waals surface area contributed by atoms with Crippen molar-refractivity contribution in [2.45, 2.75) is 25.7 Å². The molecule has 0 aliphatic carbocycles. The molecule has 4 rings (SSSR count). The molecule has 3 aromatic rings. The number of benzene rings is 1. The monoisotopic (exact) mass is 382 g/mol. The number of aryl methyl sites for hydroxylation is 1. The van der Waals surface area contributed by atoms with Crippen LogP contribution >= 0.6 is 0 Å². The van der Waals surface area contributed by atoms with Gasteiger partial charge in [0.25, 0.3) is 5.91 Å². The SMILES string of the molecule is Cc1ccc(-c2cn[nH]c2[C@H]2CCCN(C(=O)c3ncc(F)cc3F)C2)cc1. The van der Waals surface area contributed by atoms with Crippen LogP contribution in [-0.4, -0.2) is 39.1 Å². The molecule has 0 radical (unpaired) electrons. The average molecular weight is 382 g/mol. The van der Waals surface area contributed by atoms with Crippen LogP contribution in [0.3, 0.4) is 0 Å². The molecule has 0 spiro atoms. The van der Waals surface area contributed by atoms with Crippen molar-refractivity contribution in [3.8, 4) is 11.1 Å². The molecule has 0 unspecified atom stereocenters. The number of aromatic nitrogens is 3. The summed E-state index contributed by atoms with van der Waals surface area (Å²) in [4.78, 5) is 17.9. The standard InChI is InChI=1S/C21H20F2N4O/c1-13-4-6-14(7-5-13)17-11-25-26-19(17)15-3-2-8-27(12-15)21(28)20-18(23)9-16(22)10-24-20/h4-7,9-11,15H,2-3,8,12H2,1H3,(H,25,26)/t15-/m0/s1. The Morgan fingerprint density at radius 3 is 2.75 bits per heavy atom. The largest absolute Gasteiger partial charge is 0.337 e. The molecule has 2 aromatic heterocycles. The average Bonchev–Trinajstić information content (AvgIpc) is 3.18. The maximum absolute atomic E-state index is 14.0. The number of halogens is 2.